The van der Waals surface area contributed by atoms with E-state index in [2.05, 4.69) is 32.9 Å². The van der Waals surface area contributed by atoms with E-state index in [0.29, 0.717) is 6.04 Å². The van der Waals surface area contributed by atoms with Crippen molar-refractivity contribution in [3.63, 3.8) is 0 Å². The van der Waals surface area contributed by atoms with Gasteiger partial charge in [0.1, 0.15) is 0 Å². The Morgan fingerprint density at radius 2 is 2.36 bits per heavy atom. The molecule has 1 aromatic rings. The molecule has 0 bridgehead atoms. The van der Waals surface area contributed by atoms with Gasteiger partial charge in [0.2, 0.25) is 0 Å². The molecule has 0 amide bonds. The highest BCUT2D eigenvalue weighted by Crippen LogP contribution is 2.35. The van der Waals surface area contributed by atoms with Crippen LogP contribution in [0.3, 0.4) is 0 Å². The van der Waals surface area contributed by atoms with Crippen LogP contribution in [0.4, 0.5) is 5.69 Å². The first-order valence-electron chi connectivity index (χ1n) is 4.32. The van der Waals surface area contributed by atoms with E-state index in [1.54, 1.807) is 11.9 Å². The van der Waals surface area contributed by atoms with Crippen LogP contribution in [0.5, 0.6) is 0 Å². The van der Waals surface area contributed by atoms with Gasteiger partial charge < -0.3 is 5.32 Å². The average molecular weight is 294 g/mol. The molecule has 1 aromatic carbocycles. The van der Waals surface area contributed by atoms with E-state index < -0.39 is 0 Å². The van der Waals surface area contributed by atoms with Crippen LogP contribution < -0.4 is 10.0 Å². The smallest absolute Gasteiger partial charge is 0.0569 e. The largest absolute Gasteiger partial charge is 0.382 e. The van der Waals surface area contributed by atoms with Gasteiger partial charge in [-0.05, 0) is 46.9 Å². The summed E-state index contributed by atoms with van der Waals surface area (Å²) in [7, 11) is 0. The Morgan fingerprint density at radius 3 is 3.14 bits per heavy atom. The molecular formula is C9H10BrClN2S. The van der Waals surface area contributed by atoms with Crippen LogP contribution in [-0.4, -0.2) is 12.6 Å². The predicted octanol–water partition coefficient (Wildman–Crippen LogP) is 3.51. The van der Waals surface area contributed by atoms with Gasteiger partial charge in [-0.15, -0.1) is 0 Å². The standard InChI is InChI=1S/C9H10BrClN2S/c1-5-4-12-8-3-7(11)6(10)2-9(8)14-13-5/h2-3,5,12-13H,4H2,1H3/t5-/m1/s1. The molecule has 5 heteroatoms. The van der Waals surface area contributed by atoms with Crippen molar-refractivity contribution in [2.75, 3.05) is 11.9 Å². The number of hydrogen-bond donors (Lipinski definition) is 2. The van der Waals surface area contributed by atoms with Gasteiger partial charge in [0, 0.05) is 22.0 Å². The average Bonchev–Trinajstić information content (AvgIpc) is 2.31. The van der Waals surface area contributed by atoms with Crippen LogP contribution in [0.2, 0.25) is 5.02 Å². The summed E-state index contributed by atoms with van der Waals surface area (Å²) in [5.41, 5.74) is 1.10. The molecule has 0 spiro atoms. The molecule has 0 unspecified atom stereocenters. The van der Waals surface area contributed by atoms with Crippen LogP contribution >= 0.6 is 39.5 Å². The van der Waals surface area contributed by atoms with Crippen molar-refractivity contribution in [1.29, 1.82) is 0 Å². The quantitative estimate of drug-likeness (QED) is 0.716. The Bertz CT molecular complexity index is 326. The van der Waals surface area contributed by atoms with Gasteiger partial charge in [0.05, 0.1) is 10.7 Å². The van der Waals surface area contributed by atoms with E-state index in [9.17, 15) is 0 Å². The lowest BCUT2D eigenvalue weighted by Gasteiger charge is -2.08. The third kappa shape index (κ3) is 2.19. The summed E-state index contributed by atoms with van der Waals surface area (Å²) in [6.45, 7) is 3.06. The van der Waals surface area contributed by atoms with Crippen LogP contribution in [-0.2, 0) is 0 Å². The van der Waals surface area contributed by atoms with Crippen molar-refractivity contribution >= 4 is 45.2 Å². The van der Waals surface area contributed by atoms with Gasteiger partial charge in [-0.25, -0.2) is 0 Å². The van der Waals surface area contributed by atoms with Crippen LogP contribution in [0.25, 0.3) is 0 Å². The highest BCUT2D eigenvalue weighted by molar-refractivity contribution is 9.10. The summed E-state index contributed by atoms with van der Waals surface area (Å²) in [6.07, 6.45) is 0. The molecule has 2 rings (SSSR count). The Hall–Kier alpha value is 0.1000. The molecule has 2 nitrogen and oxygen atoms in total. The molecular weight excluding hydrogens is 284 g/mol. The first-order chi connectivity index (χ1) is 6.66. The third-order valence-electron chi connectivity index (χ3n) is 1.99. The fourth-order valence-corrected chi connectivity index (χ4v) is 2.71. The zero-order chi connectivity index (χ0) is 10.1. The van der Waals surface area contributed by atoms with E-state index >= 15 is 0 Å². The molecule has 1 heterocycles. The van der Waals surface area contributed by atoms with Crippen molar-refractivity contribution in [3.8, 4) is 0 Å². The van der Waals surface area contributed by atoms with Crippen LogP contribution in [0.1, 0.15) is 6.92 Å². The summed E-state index contributed by atoms with van der Waals surface area (Å²) in [4.78, 5) is 1.17. The van der Waals surface area contributed by atoms with Crippen molar-refractivity contribution < 1.29 is 0 Å². The van der Waals surface area contributed by atoms with E-state index in [4.69, 9.17) is 11.6 Å². The number of fused-ring (bicyclic) bond motifs is 1. The van der Waals surface area contributed by atoms with Gasteiger partial charge in [-0.1, -0.05) is 11.6 Å². The number of anilines is 1. The Kier molecular flexibility index (Phi) is 3.27. The number of hydrogen-bond acceptors (Lipinski definition) is 3. The molecule has 0 aliphatic carbocycles. The van der Waals surface area contributed by atoms with Gasteiger partial charge in [-0.3, -0.25) is 4.72 Å². The summed E-state index contributed by atoms with van der Waals surface area (Å²) < 4.78 is 4.27. The molecule has 2 N–H and O–H groups in total. The lowest BCUT2D eigenvalue weighted by atomic mass is 10.3. The first kappa shape index (κ1) is 10.6. The molecule has 0 fully saturated rings. The Morgan fingerprint density at radius 1 is 1.57 bits per heavy atom. The Labute approximate surface area is 101 Å². The van der Waals surface area contributed by atoms with Crippen molar-refractivity contribution in [2.24, 2.45) is 0 Å². The molecule has 1 atom stereocenters. The lowest BCUT2D eigenvalue weighted by Crippen LogP contribution is -2.25. The maximum atomic E-state index is 6.02. The topological polar surface area (TPSA) is 24.1 Å². The Balaban J connectivity index is 2.36. The highest BCUT2D eigenvalue weighted by Gasteiger charge is 2.13. The third-order valence-corrected chi connectivity index (χ3v) is 4.27. The maximum absolute atomic E-state index is 6.02. The molecule has 1 aliphatic rings. The summed E-state index contributed by atoms with van der Waals surface area (Å²) in [6, 6.07) is 4.43. The highest BCUT2D eigenvalue weighted by atomic mass is 79.9. The van der Waals surface area contributed by atoms with Crippen LogP contribution in [0, 0.1) is 0 Å². The second-order valence-corrected chi connectivity index (χ2v) is 5.41. The number of nitrogens with one attached hydrogen (secondary N) is 2. The molecule has 0 saturated heterocycles. The lowest BCUT2D eigenvalue weighted by molar-refractivity contribution is 0.732. The fraction of sp³-hybridized carbons (Fsp3) is 0.333. The molecule has 0 aromatic heterocycles. The van der Waals surface area contributed by atoms with Crippen molar-refractivity contribution in [1.82, 2.24) is 4.72 Å². The molecule has 1 aliphatic heterocycles. The second kappa shape index (κ2) is 4.31. The van der Waals surface area contributed by atoms with Gasteiger partial charge in [0.25, 0.3) is 0 Å². The maximum Gasteiger partial charge on any atom is 0.0569 e. The molecule has 14 heavy (non-hydrogen) atoms. The van der Waals surface area contributed by atoms with Gasteiger partial charge >= 0.3 is 0 Å². The SMILES string of the molecule is C[C@@H]1CNc2cc(Cl)c(Br)cc2SN1. The van der Waals surface area contributed by atoms with E-state index in [1.807, 2.05) is 12.1 Å². The molecule has 0 radical (unpaired) electrons. The summed E-state index contributed by atoms with van der Waals surface area (Å²) in [5, 5.41) is 4.10. The minimum atomic E-state index is 0.449. The normalized spacial score (nSPS) is 20.9. The zero-order valence-electron chi connectivity index (χ0n) is 7.60. The summed E-state index contributed by atoms with van der Waals surface area (Å²) in [5.74, 6) is 0. The minimum Gasteiger partial charge on any atom is -0.382 e. The van der Waals surface area contributed by atoms with Crippen LogP contribution in [0.15, 0.2) is 21.5 Å². The molecule has 76 valence electrons. The summed E-state index contributed by atoms with van der Waals surface area (Å²) >= 11 is 11.1. The van der Waals surface area contributed by atoms with E-state index in [0.717, 1.165) is 21.7 Å². The first-order valence-corrected chi connectivity index (χ1v) is 6.31. The number of halogens is 2. The van der Waals surface area contributed by atoms with Crippen molar-refractivity contribution in [3.05, 3.63) is 21.6 Å². The number of benzene rings is 1. The van der Waals surface area contributed by atoms with Gasteiger partial charge in [-0.2, -0.15) is 0 Å². The minimum absolute atomic E-state index is 0.449. The van der Waals surface area contributed by atoms with Gasteiger partial charge in [0.15, 0.2) is 0 Å². The molecule has 0 saturated carbocycles. The van der Waals surface area contributed by atoms with E-state index in [-0.39, 0.29) is 0 Å². The predicted molar refractivity (Wildman–Crippen MR) is 66.1 cm³/mol. The number of rotatable bonds is 0. The monoisotopic (exact) mass is 292 g/mol. The zero-order valence-corrected chi connectivity index (χ0v) is 10.8. The second-order valence-electron chi connectivity index (χ2n) is 3.26. The van der Waals surface area contributed by atoms with E-state index in [1.165, 1.54) is 4.90 Å². The fourth-order valence-electron chi connectivity index (χ4n) is 1.22. The van der Waals surface area contributed by atoms with Crippen molar-refractivity contribution in [2.45, 2.75) is 17.9 Å².